The first-order valence-corrected chi connectivity index (χ1v) is 5.66. The minimum Gasteiger partial charge on any atom is -0.478 e. The molecule has 0 radical (unpaired) electrons. The van der Waals surface area contributed by atoms with Crippen LogP contribution >= 0.6 is 0 Å². The van der Waals surface area contributed by atoms with Crippen molar-refractivity contribution in [1.82, 2.24) is 9.78 Å². The van der Waals surface area contributed by atoms with Gasteiger partial charge in [-0.1, -0.05) is 0 Å². The number of urea groups is 1. The number of carboxylic acid groups (broad SMARTS) is 1. The van der Waals surface area contributed by atoms with E-state index in [0.717, 1.165) is 0 Å². The summed E-state index contributed by atoms with van der Waals surface area (Å²) in [6.45, 7) is 0. The largest absolute Gasteiger partial charge is 0.478 e. The minimum absolute atomic E-state index is 0.357. The van der Waals surface area contributed by atoms with Crippen LogP contribution in [0.3, 0.4) is 0 Å². The van der Waals surface area contributed by atoms with Gasteiger partial charge in [0.05, 0.1) is 23.1 Å². The van der Waals surface area contributed by atoms with Gasteiger partial charge >= 0.3 is 12.0 Å². The van der Waals surface area contributed by atoms with E-state index in [2.05, 4.69) is 15.7 Å². The Morgan fingerprint density at radius 1 is 1.24 bits per heavy atom. The molecule has 0 bridgehead atoms. The Balaban J connectivity index is 2.17. The van der Waals surface area contributed by atoms with Crippen LogP contribution in [0.1, 0.15) is 10.4 Å². The number of aromatic carboxylic acids is 1. The molecule has 2 rings (SSSR count). The molecular formula is C12H10F2N4O3. The Hall–Kier alpha value is -2.97. The summed E-state index contributed by atoms with van der Waals surface area (Å²) < 4.78 is 28.2. The summed E-state index contributed by atoms with van der Waals surface area (Å²) in [5.41, 5.74) is -0.834. The zero-order valence-corrected chi connectivity index (χ0v) is 10.7. The van der Waals surface area contributed by atoms with Crippen LogP contribution in [0, 0.1) is 11.6 Å². The molecule has 0 saturated heterocycles. The molecule has 7 nitrogen and oxygen atoms in total. The number of nitrogens with one attached hydrogen (secondary N) is 2. The molecular weight excluding hydrogens is 286 g/mol. The fourth-order valence-electron chi connectivity index (χ4n) is 1.58. The highest BCUT2D eigenvalue weighted by Crippen LogP contribution is 2.20. The number of carboxylic acids is 1. The normalized spacial score (nSPS) is 10.2. The molecule has 1 heterocycles. The van der Waals surface area contributed by atoms with E-state index in [0.29, 0.717) is 17.8 Å². The Morgan fingerprint density at radius 3 is 2.52 bits per heavy atom. The van der Waals surface area contributed by atoms with Crippen molar-refractivity contribution >= 4 is 23.4 Å². The Labute approximate surface area is 117 Å². The lowest BCUT2D eigenvalue weighted by Gasteiger charge is -2.08. The standard InChI is InChI=1S/C12H10F2N4O3/c1-18-5-6(4-15-18)16-12(21)17-10-2-7(11(19)20)8(13)3-9(10)14/h2-5H,1H3,(H,19,20)(H2,16,17,21). The molecule has 0 aliphatic rings. The van der Waals surface area contributed by atoms with Crippen molar-refractivity contribution in [3.63, 3.8) is 0 Å². The van der Waals surface area contributed by atoms with Crippen molar-refractivity contribution in [1.29, 1.82) is 0 Å². The molecule has 0 unspecified atom stereocenters. The average molecular weight is 296 g/mol. The van der Waals surface area contributed by atoms with Gasteiger partial charge in [0.15, 0.2) is 0 Å². The summed E-state index contributed by atoms with van der Waals surface area (Å²) in [6.07, 6.45) is 2.87. The van der Waals surface area contributed by atoms with Gasteiger partial charge in [0.25, 0.3) is 0 Å². The number of anilines is 2. The zero-order valence-electron chi connectivity index (χ0n) is 10.7. The van der Waals surface area contributed by atoms with Crippen molar-refractivity contribution < 1.29 is 23.5 Å². The summed E-state index contributed by atoms with van der Waals surface area (Å²) in [6, 6.07) is 0.281. The molecule has 1 aromatic heterocycles. The molecule has 3 N–H and O–H groups in total. The SMILES string of the molecule is Cn1cc(NC(=O)Nc2cc(C(=O)O)c(F)cc2F)cn1. The van der Waals surface area contributed by atoms with E-state index in [1.54, 1.807) is 7.05 Å². The summed E-state index contributed by atoms with van der Waals surface area (Å²) in [7, 11) is 1.64. The molecule has 0 aliphatic heterocycles. The fourth-order valence-corrected chi connectivity index (χ4v) is 1.58. The first kappa shape index (κ1) is 14.4. The maximum absolute atomic E-state index is 13.5. The Kier molecular flexibility index (Phi) is 3.83. The lowest BCUT2D eigenvalue weighted by atomic mass is 10.2. The van der Waals surface area contributed by atoms with Gasteiger partial charge in [-0.25, -0.2) is 18.4 Å². The van der Waals surface area contributed by atoms with Gasteiger partial charge in [-0.15, -0.1) is 0 Å². The predicted molar refractivity (Wildman–Crippen MR) is 69.2 cm³/mol. The number of aryl methyl sites for hydroxylation is 1. The predicted octanol–water partition coefficient (Wildman–Crippen LogP) is 2.04. The third kappa shape index (κ3) is 3.32. The van der Waals surface area contributed by atoms with Crippen LogP contribution in [0.15, 0.2) is 24.5 Å². The minimum atomic E-state index is -1.57. The lowest BCUT2D eigenvalue weighted by molar-refractivity contribution is 0.0692. The van der Waals surface area contributed by atoms with E-state index >= 15 is 0 Å². The van der Waals surface area contributed by atoms with Gasteiger partial charge in [0.1, 0.15) is 11.6 Å². The summed E-state index contributed by atoms with van der Waals surface area (Å²) in [5, 5.41) is 17.0. The van der Waals surface area contributed by atoms with Gasteiger partial charge in [0, 0.05) is 19.3 Å². The Morgan fingerprint density at radius 2 is 1.95 bits per heavy atom. The zero-order chi connectivity index (χ0) is 15.6. The van der Waals surface area contributed by atoms with Gasteiger partial charge in [-0.2, -0.15) is 5.10 Å². The second kappa shape index (κ2) is 5.57. The molecule has 110 valence electrons. The number of rotatable bonds is 3. The van der Waals surface area contributed by atoms with Crippen LogP contribution in [0.5, 0.6) is 0 Å². The quantitative estimate of drug-likeness (QED) is 0.807. The molecule has 0 saturated carbocycles. The highest BCUT2D eigenvalue weighted by Gasteiger charge is 2.16. The van der Waals surface area contributed by atoms with Crippen molar-refractivity contribution in [2.24, 2.45) is 7.05 Å². The molecule has 2 amide bonds. The third-order valence-electron chi connectivity index (χ3n) is 2.50. The van der Waals surface area contributed by atoms with Crippen LogP contribution < -0.4 is 10.6 Å². The number of hydrogen-bond donors (Lipinski definition) is 3. The molecule has 2 aromatic rings. The molecule has 0 aliphatic carbocycles. The van der Waals surface area contributed by atoms with Gasteiger partial charge in [-0.3, -0.25) is 4.68 Å². The van der Waals surface area contributed by atoms with Gasteiger partial charge in [-0.05, 0) is 6.07 Å². The van der Waals surface area contributed by atoms with Crippen molar-refractivity contribution in [2.75, 3.05) is 10.6 Å². The molecule has 9 heteroatoms. The van der Waals surface area contributed by atoms with E-state index in [1.165, 1.54) is 17.1 Å². The third-order valence-corrected chi connectivity index (χ3v) is 2.50. The second-order valence-electron chi connectivity index (χ2n) is 4.10. The van der Waals surface area contributed by atoms with Crippen molar-refractivity contribution in [3.8, 4) is 0 Å². The Bertz CT molecular complexity index is 715. The van der Waals surface area contributed by atoms with Crippen LogP contribution in [0.2, 0.25) is 0 Å². The second-order valence-corrected chi connectivity index (χ2v) is 4.10. The van der Waals surface area contributed by atoms with E-state index in [1.807, 2.05) is 0 Å². The first-order chi connectivity index (χ1) is 9.86. The number of hydrogen-bond acceptors (Lipinski definition) is 3. The molecule has 0 atom stereocenters. The summed E-state index contributed by atoms with van der Waals surface area (Å²) in [5.74, 6) is -3.87. The van der Waals surface area contributed by atoms with E-state index in [4.69, 9.17) is 5.11 Å². The van der Waals surface area contributed by atoms with E-state index in [-0.39, 0.29) is 0 Å². The summed E-state index contributed by atoms with van der Waals surface area (Å²) >= 11 is 0. The highest BCUT2D eigenvalue weighted by atomic mass is 19.1. The number of nitrogens with zero attached hydrogens (tertiary/aromatic N) is 2. The number of amides is 2. The molecule has 0 spiro atoms. The van der Waals surface area contributed by atoms with Crippen LogP contribution in [-0.4, -0.2) is 26.9 Å². The smallest absolute Gasteiger partial charge is 0.338 e. The number of aromatic nitrogens is 2. The van der Waals surface area contributed by atoms with Crippen molar-refractivity contribution in [3.05, 3.63) is 41.7 Å². The highest BCUT2D eigenvalue weighted by molar-refractivity contribution is 6.00. The maximum atomic E-state index is 13.5. The average Bonchev–Trinajstić information content (AvgIpc) is 2.77. The maximum Gasteiger partial charge on any atom is 0.338 e. The van der Waals surface area contributed by atoms with E-state index in [9.17, 15) is 18.4 Å². The summed E-state index contributed by atoms with van der Waals surface area (Å²) in [4.78, 5) is 22.4. The number of carbonyl (C=O) groups excluding carboxylic acids is 1. The monoisotopic (exact) mass is 296 g/mol. The molecule has 1 aromatic carbocycles. The topological polar surface area (TPSA) is 96.2 Å². The van der Waals surface area contributed by atoms with Crippen LogP contribution in [0.4, 0.5) is 25.0 Å². The van der Waals surface area contributed by atoms with Crippen molar-refractivity contribution in [2.45, 2.75) is 0 Å². The van der Waals surface area contributed by atoms with Crippen LogP contribution in [0.25, 0.3) is 0 Å². The molecule has 0 fully saturated rings. The first-order valence-electron chi connectivity index (χ1n) is 5.66. The fraction of sp³-hybridized carbons (Fsp3) is 0.0833. The van der Waals surface area contributed by atoms with Gasteiger partial charge in [0.2, 0.25) is 0 Å². The lowest BCUT2D eigenvalue weighted by Crippen LogP contribution is -2.20. The van der Waals surface area contributed by atoms with E-state index < -0.39 is 34.9 Å². The number of halogens is 2. The van der Waals surface area contributed by atoms with Gasteiger partial charge < -0.3 is 15.7 Å². The molecule has 21 heavy (non-hydrogen) atoms. The number of benzene rings is 1. The number of carbonyl (C=O) groups is 2. The van der Waals surface area contributed by atoms with Crippen LogP contribution in [-0.2, 0) is 7.05 Å².